The monoisotopic (exact) mass is 298 g/mol. The molecule has 0 aromatic heterocycles. The van der Waals surface area contributed by atoms with Crippen molar-refractivity contribution in [1.29, 1.82) is 0 Å². The van der Waals surface area contributed by atoms with Crippen molar-refractivity contribution in [1.82, 2.24) is 9.62 Å². The van der Waals surface area contributed by atoms with Crippen LogP contribution in [0.3, 0.4) is 0 Å². The van der Waals surface area contributed by atoms with Crippen molar-refractivity contribution in [3.63, 3.8) is 0 Å². The number of methoxy groups -OCH3 is 1. The van der Waals surface area contributed by atoms with Crippen LogP contribution in [0.1, 0.15) is 18.4 Å². The molecule has 112 valence electrons. The Morgan fingerprint density at radius 2 is 2.05 bits per heavy atom. The third-order valence-corrected chi connectivity index (χ3v) is 5.39. The molecular weight excluding hydrogens is 276 g/mol. The van der Waals surface area contributed by atoms with E-state index in [9.17, 15) is 8.42 Å². The van der Waals surface area contributed by atoms with E-state index in [2.05, 4.69) is 5.32 Å². The maximum atomic E-state index is 12.6. The van der Waals surface area contributed by atoms with Crippen molar-refractivity contribution < 1.29 is 13.2 Å². The van der Waals surface area contributed by atoms with Crippen molar-refractivity contribution in [2.45, 2.75) is 30.3 Å². The quantitative estimate of drug-likeness (QED) is 0.783. The molecule has 5 nitrogen and oxygen atoms in total. The number of hydrogen-bond donors (Lipinski definition) is 1. The molecule has 1 saturated carbocycles. The van der Waals surface area contributed by atoms with Gasteiger partial charge >= 0.3 is 0 Å². The van der Waals surface area contributed by atoms with Crippen molar-refractivity contribution in [3.8, 4) is 0 Å². The summed E-state index contributed by atoms with van der Waals surface area (Å²) in [5.74, 6) is 0. The highest BCUT2D eigenvalue weighted by Crippen LogP contribution is 2.22. The average Bonchev–Trinajstić information content (AvgIpc) is 3.26. The molecule has 20 heavy (non-hydrogen) atoms. The number of likely N-dealkylation sites (N-methyl/N-ethyl adjacent to an activating group) is 1. The highest BCUT2D eigenvalue weighted by molar-refractivity contribution is 7.89. The van der Waals surface area contributed by atoms with Crippen molar-refractivity contribution in [2.75, 3.05) is 27.3 Å². The molecule has 1 aromatic carbocycles. The standard InChI is InChI=1S/C14H22N2O3S/c1-16(9-10-19-2)20(17,18)14-6-4-3-5-12(14)11-15-13-7-8-13/h3-6,13,15H,7-11H2,1-2H3. The average molecular weight is 298 g/mol. The number of ether oxygens (including phenoxy) is 1. The fraction of sp³-hybridized carbons (Fsp3) is 0.571. The Bertz CT molecular complexity index is 541. The number of benzene rings is 1. The zero-order valence-corrected chi connectivity index (χ0v) is 12.8. The molecule has 0 spiro atoms. The van der Waals surface area contributed by atoms with Gasteiger partial charge in [0.2, 0.25) is 10.0 Å². The van der Waals surface area contributed by atoms with Gasteiger partial charge in [0.05, 0.1) is 11.5 Å². The maximum absolute atomic E-state index is 12.6. The molecule has 6 heteroatoms. The Kier molecular flexibility index (Phi) is 5.15. The van der Waals surface area contributed by atoms with E-state index in [1.807, 2.05) is 12.1 Å². The number of hydrogen-bond acceptors (Lipinski definition) is 4. The van der Waals surface area contributed by atoms with Gasteiger partial charge in [-0.2, -0.15) is 4.31 Å². The van der Waals surface area contributed by atoms with Crippen LogP contribution in [0.4, 0.5) is 0 Å². The highest BCUT2D eigenvalue weighted by Gasteiger charge is 2.25. The van der Waals surface area contributed by atoms with Gasteiger partial charge in [-0.3, -0.25) is 0 Å². The van der Waals surface area contributed by atoms with E-state index in [1.165, 1.54) is 17.1 Å². The minimum absolute atomic E-state index is 0.350. The van der Waals surface area contributed by atoms with Crippen LogP contribution in [0.15, 0.2) is 29.2 Å². The van der Waals surface area contributed by atoms with Crippen LogP contribution in [0.5, 0.6) is 0 Å². The predicted molar refractivity (Wildman–Crippen MR) is 78.0 cm³/mol. The van der Waals surface area contributed by atoms with Gasteiger partial charge in [-0.05, 0) is 24.5 Å². The smallest absolute Gasteiger partial charge is 0.243 e. The fourth-order valence-corrected chi connectivity index (χ4v) is 3.32. The highest BCUT2D eigenvalue weighted by atomic mass is 32.2. The van der Waals surface area contributed by atoms with E-state index < -0.39 is 10.0 Å². The molecule has 0 atom stereocenters. The van der Waals surface area contributed by atoms with Gasteiger partial charge in [0.15, 0.2) is 0 Å². The zero-order chi connectivity index (χ0) is 14.6. The summed E-state index contributed by atoms with van der Waals surface area (Å²) in [7, 11) is -0.310. The normalized spacial score (nSPS) is 15.8. The van der Waals surface area contributed by atoms with Crippen LogP contribution >= 0.6 is 0 Å². The summed E-state index contributed by atoms with van der Waals surface area (Å²) in [6.45, 7) is 1.33. The number of nitrogens with zero attached hydrogens (tertiary/aromatic N) is 1. The number of rotatable bonds is 8. The fourth-order valence-electron chi connectivity index (χ4n) is 1.95. The summed E-state index contributed by atoms with van der Waals surface area (Å²) >= 11 is 0. The van der Waals surface area contributed by atoms with Crippen LogP contribution < -0.4 is 5.32 Å². The SMILES string of the molecule is COCCN(C)S(=O)(=O)c1ccccc1CNC1CC1. The van der Waals surface area contributed by atoms with Crippen LogP contribution in [-0.4, -0.2) is 46.1 Å². The molecule has 1 fully saturated rings. The lowest BCUT2D eigenvalue weighted by Crippen LogP contribution is -2.31. The molecule has 0 saturated heterocycles. The first-order valence-electron chi connectivity index (χ1n) is 6.82. The Morgan fingerprint density at radius 1 is 1.35 bits per heavy atom. The molecule has 0 amide bonds. The van der Waals surface area contributed by atoms with E-state index in [-0.39, 0.29) is 0 Å². The number of sulfonamides is 1. The van der Waals surface area contributed by atoms with Gasteiger partial charge < -0.3 is 10.1 Å². The second-order valence-electron chi connectivity index (χ2n) is 5.08. The molecule has 2 rings (SSSR count). The van der Waals surface area contributed by atoms with Crippen LogP contribution in [-0.2, 0) is 21.3 Å². The summed E-state index contributed by atoms with van der Waals surface area (Å²) in [5.41, 5.74) is 0.823. The molecule has 1 N–H and O–H groups in total. The predicted octanol–water partition coefficient (Wildman–Crippen LogP) is 1.21. The largest absolute Gasteiger partial charge is 0.383 e. The topological polar surface area (TPSA) is 58.6 Å². The second kappa shape index (κ2) is 6.67. The zero-order valence-electron chi connectivity index (χ0n) is 12.0. The molecule has 0 aliphatic heterocycles. The minimum atomic E-state index is -3.46. The van der Waals surface area contributed by atoms with Crippen molar-refractivity contribution in [3.05, 3.63) is 29.8 Å². The molecule has 1 aliphatic rings. The van der Waals surface area contributed by atoms with E-state index in [0.29, 0.717) is 30.6 Å². The van der Waals surface area contributed by atoms with Gasteiger partial charge in [-0.1, -0.05) is 18.2 Å². The summed E-state index contributed by atoms with van der Waals surface area (Å²) in [4.78, 5) is 0.381. The Hall–Kier alpha value is -0.950. The lowest BCUT2D eigenvalue weighted by molar-refractivity contribution is 0.185. The van der Waals surface area contributed by atoms with E-state index in [1.54, 1.807) is 26.3 Å². The van der Waals surface area contributed by atoms with E-state index >= 15 is 0 Å². The Labute approximate surface area is 121 Å². The number of nitrogens with one attached hydrogen (secondary N) is 1. The van der Waals surface area contributed by atoms with Crippen LogP contribution in [0.25, 0.3) is 0 Å². The summed E-state index contributed by atoms with van der Waals surface area (Å²) in [6, 6.07) is 7.72. The first kappa shape index (κ1) is 15.4. The third-order valence-electron chi connectivity index (χ3n) is 3.43. The van der Waals surface area contributed by atoms with Crippen molar-refractivity contribution >= 4 is 10.0 Å². The molecule has 0 unspecified atom stereocenters. The van der Waals surface area contributed by atoms with Crippen LogP contribution in [0.2, 0.25) is 0 Å². The van der Waals surface area contributed by atoms with E-state index in [4.69, 9.17) is 4.74 Å². The Balaban J connectivity index is 2.16. The Morgan fingerprint density at radius 3 is 2.70 bits per heavy atom. The minimum Gasteiger partial charge on any atom is -0.383 e. The van der Waals surface area contributed by atoms with E-state index in [0.717, 1.165) is 5.56 Å². The summed E-state index contributed by atoms with van der Waals surface area (Å²) < 4.78 is 31.4. The van der Waals surface area contributed by atoms with Gasteiger partial charge in [0.25, 0.3) is 0 Å². The molecule has 0 radical (unpaired) electrons. The molecule has 1 aromatic rings. The first-order chi connectivity index (χ1) is 9.55. The summed E-state index contributed by atoms with van der Waals surface area (Å²) in [6.07, 6.45) is 2.37. The lowest BCUT2D eigenvalue weighted by atomic mass is 10.2. The molecule has 0 heterocycles. The maximum Gasteiger partial charge on any atom is 0.243 e. The second-order valence-corrected chi connectivity index (χ2v) is 7.10. The van der Waals surface area contributed by atoms with Gasteiger partial charge in [0, 0.05) is 33.3 Å². The lowest BCUT2D eigenvalue weighted by Gasteiger charge is -2.19. The van der Waals surface area contributed by atoms with Gasteiger partial charge in [-0.25, -0.2) is 8.42 Å². The van der Waals surface area contributed by atoms with Crippen LogP contribution in [0, 0.1) is 0 Å². The molecule has 1 aliphatic carbocycles. The molecule has 0 bridgehead atoms. The third kappa shape index (κ3) is 3.79. The van der Waals surface area contributed by atoms with Gasteiger partial charge in [-0.15, -0.1) is 0 Å². The summed E-state index contributed by atoms with van der Waals surface area (Å²) in [5, 5.41) is 3.36. The molecular formula is C14H22N2O3S. The van der Waals surface area contributed by atoms with Crippen molar-refractivity contribution in [2.24, 2.45) is 0 Å². The van der Waals surface area contributed by atoms with Gasteiger partial charge in [0.1, 0.15) is 0 Å². The first-order valence-corrected chi connectivity index (χ1v) is 8.26.